The maximum absolute atomic E-state index is 5.98. The molecule has 55 heavy (non-hydrogen) atoms. The molecule has 5 heteroatoms. The fourth-order valence-corrected chi connectivity index (χ4v) is 8.25. The van der Waals surface area contributed by atoms with Crippen LogP contribution in [0.5, 0.6) is 28.7 Å². The molecule has 10 aliphatic rings. The standard InChI is InChI=1S/C50H58O5/c1-31-22-37-12-19-44-29-50(55-10)45(30-49(44)54-9)20-15-40-28-48(53-8)43(25-35(40)5)18-14-39-27-47(52-7)42(24-34(39)4)17-13-38-26-46(51-6)41(23-33(38)3)16-11-36(31)21-32(37)2/h13,17,21-30H,11-12,14-16,18-20H2,1-10H3. The summed E-state index contributed by atoms with van der Waals surface area (Å²) in [6.07, 6.45) is 11.4. The van der Waals surface area contributed by atoms with Crippen LogP contribution in [-0.4, -0.2) is 35.5 Å². The van der Waals surface area contributed by atoms with Crippen LogP contribution in [0.4, 0.5) is 0 Å². The normalized spacial score (nSPS) is 13.3. The predicted molar refractivity (Wildman–Crippen MR) is 227 cm³/mol. The lowest BCUT2D eigenvalue weighted by atomic mass is 9.91. The maximum Gasteiger partial charge on any atom is 0.126 e. The Morgan fingerprint density at radius 3 is 0.982 bits per heavy atom. The highest BCUT2D eigenvalue weighted by atomic mass is 16.5. The lowest BCUT2D eigenvalue weighted by Crippen LogP contribution is -2.05. The van der Waals surface area contributed by atoms with E-state index >= 15 is 0 Å². The van der Waals surface area contributed by atoms with E-state index in [1.54, 1.807) is 35.5 Å². The predicted octanol–water partition coefficient (Wildman–Crippen LogP) is 10.9. The zero-order chi connectivity index (χ0) is 39.2. The van der Waals surface area contributed by atoms with E-state index in [0.717, 1.165) is 102 Å². The topological polar surface area (TPSA) is 46.2 Å². The highest BCUT2D eigenvalue weighted by Crippen LogP contribution is 2.34. The first-order chi connectivity index (χ1) is 26.5. The molecule has 0 heterocycles. The molecule has 5 nitrogen and oxygen atoms in total. The van der Waals surface area contributed by atoms with Crippen molar-refractivity contribution in [3.8, 4) is 28.7 Å². The molecule has 0 radical (unpaired) electrons. The summed E-state index contributed by atoms with van der Waals surface area (Å²) in [5.41, 5.74) is 18.6. The third kappa shape index (κ3) is 8.88. The van der Waals surface area contributed by atoms with Crippen molar-refractivity contribution >= 4 is 12.2 Å². The first-order valence-electron chi connectivity index (χ1n) is 19.6. The van der Waals surface area contributed by atoms with Crippen LogP contribution >= 0.6 is 0 Å². The summed E-state index contributed by atoms with van der Waals surface area (Å²) < 4.78 is 29.9. The smallest absolute Gasteiger partial charge is 0.126 e. The summed E-state index contributed by atoms with van der Waals surface area (Å²) in [5, 5.41) is 0. The molecule has 0 aromatic heterocycles. The van der Waals surface area contributed by atoms with Crippen molar-refractivity contribution in [3.63, 3.8) is 0 Å². The van der Waals surface area contributed by atoms with Crippen LogP contribution in [-0.2, 0) is 51.4 Å². The van der Waals surface area contributed by atoms with Crippen LogP contribution in [0.2, 0.25) is 0 Å². The Kier molecular flexibility index (Phi) is 12.6. The van der Waals surface area contributed by atoms with Gasteiger partial charge in [-0.15, -0.1) is 0 Å². The van der Waals surface area contributed by atoms with Gasteiger partial charge in [-0.3, -0.25) is 0 Å². The Bertz CT molecular complexity index is 2210. The van der Waals surface area contributed by atoms with Gasteiger partial charge in [0.2, 0.25) is 0 Å². The minimum atomic E-state index is 0.831. The largest absolute Gasteiger partial charge is 0.496 e. The van der Waals surface area contributed by atoms with Gasteiger partial charge in [0.05, 0.1) is 35.5 Å². The molecule has 0 saturated heterocycles. The Labute approximate surface area is 329 Å². The molecule has 0 aliphatic heterocycles. The molecule has 15 rings (SSSR count). The Balaban J connectivity index is 1.40. The van der Waals surface area contributed by atoms with Crippen LogP contribution in [0.1, 0.15) is 83.5 Å². The summed E-state index contributed by atoms with van der Waals surface area (Å²) in [6, 6.07) is 22.5. The van der Waals surface area contributed by atoms with Gasteiger partial charge in [-0.25, -0.2) is 0 Å². The second-order valence-corrected chi connectivity index (χ2v) is 15.1. The van der Waals surface area contributed by atoms with Gasteiger partial charge >= 0.3 is 0 Å². The van der Waals surface area contributed by atoms with Crippen LogP contribution in [0, 0.1) is 34.6 Å². The van der Waals surface area contributed by atoms with Gasteiger partial charge in [-0.1, -0.05) is 36.4 Å². The van der Waals surface area contributed by atoms with E-state index in [1.165, 1.54) is 61.2 Å². The van der Waals surface area contributed by atoms with E-state index in [9.17, 15) is 0 Å². The first-order valence-corrected chi connectivity index (χ1v) is 19.6. The van der Waals surface area contributed by atoms with Crippen molar-refractivity contribution in [1.29, 1.82) is 0 Å². The van der Waals surface area contributed by atoms with Gasteiger partial charge in [0.15, 0.2) is 0 Å². The van der Waals surface area contributed by atoms with E-state index in [2.05, 4.69) is 107 Å². The minimum Gasteiger partial charge on any atom is -0.496 e. The molecular weight excluding hydrogens is 681 g/mol. The Morgan fingerprint density at radius 1 is 0.273 bits per heavy atom. The molecule has 0 atom stereocenters. The fraction of sp³-hybridized carbons (Fsp3) is 0.360. The molecule has 0 fully saturated rings. The van der Waals surface area contributed by atoms with Gasteiger partial charge in [0.1, 0.15) is 28.7 Å². The average molecular weight is 739 g/mol. The molecule has 10 bridgehead atoms. The van der Waals surface area contributed by atoms with Crippen LogP contribution in [0.3, 0.4) is 0 Å². The monoisotopic (exact) mass is 738 g/mol. The Morgan fingerprint density at radius 2 is 0.545 bits per heavy atom. The zero-order valence-electron chi connectivity index (χ0n) is 34.6. The summed E-state index contributed by atoms with van der Waals surface area (Å²) in [6.45, 7) is 11.1. The summed E-state index contributed by atoms with van der Waals surface area (Å²) in [4.78, 5) is 0. The van der Waals surface area contributed by atoms with Gasteiger partial charge in [0, 0.05) is 5.56 Å². The number of hydrogen-bond acceptors (Lipinski definition) is 5. The zero-order valence-corrected chi connectivity index (χ0v) is 34.6. The van der Waals surface area contributed by atoms with Gasteiger partial charge < -0.3 is 23.7 Å². The highest BCUT2D eigenvalue weighted by molar-refractivity contribution is 5.75. The molecule has 5 aromatic rings. The third-order valence-electron chi connectivity index (χ3n) is 11.7. The summed E-state index contributed by atoms with van der Waals surface area (Å²) in [7, 11) is 8.83. The number of hydrogen-bond donors (Lipinski definition) is 0. The second-order valence-electron chi connectivity index (χ2n) is 15.1. The van der Waals surface area contributed by atoms with E-state index < -0.39 is 0 Å². The lowest BCUT2D eigenvalue weighted by Gasteiger charge is -2.18. The molecule has 288 valence electrons. The second kappa shape index (κ2) is 17.5. The minimum absolute atomic E-state index is 0.831. The molecule has 0 unspecified atom stereocenters. The SMILES string of the molecule is COc1cc2c(C)cc1C=Cc1cc(OC)c(cc1C)CCc1cc(C)c(cc1C)CCc1cc(OC)c(cc1OC)CCc1cc(OC)c(cc1C)CC2. The van der Waals surface area contributed by atoms with Gasteiger partial charge in [-0.2, -0.15) is 0 Å². The first kappa shape index (κ1) is 39.5. The molecule has 0 spiro atoms. The van der Waals surface area contributed by atoms with E-state index in [-0.39, 0.29) is 0 Å². The molecule has 10 aliphatic carbocycles. The molecule has 0 saturated carbocycles. The lowest BCUT2D eigenvalue weighted by molar-refractivity contribution is 0.394. The van der Waals surface area contributed by atoms with Crippen molar-refractivity contribution in [2.24, 2.45) is 0 Å². The van der Waals surface area contributed by atoms with Crippen LogP contribution in [0.25, 0.3) is 12.2 Å². The highest BCUT2D eigenvalue weighted by Gasteiger charge is 2.17. The fourth-order valence-electron chi connectivity index (χ4n) is 8.25. The van der Waals surface area contributed by atoms with Crippen LogP contribution < -0.4 is 23.7 Å². The van der Waals surface area contributed by atoms with Crippen molar-refractivity contribution in [1.82, 2.24) is 0 Å². The number of ether oxygens (including phenoxy) is 5. The quantitative estimate of drug-likeness (QED) is 0.180. The average Bonchev–Trinajstić information content (AvgIpc) is 3.18. The number of rotatable bonds is 5. The molecule has 0 N–H and O–H groups in total. The van der Waals surface area contributed by atoms with Gasteiger partial charge in [0.25, 0.3) is 0 Å². The van der Waals surface area contributed by atoms with Gasteiger partial charge in [-0.05, 0) is 200 Å². The van der Waals surface area contributed by atoms with Crippen LogP contribution in [0.15, 0.2) is 60.7 Å². The van der Waals surface area contributed by atoms with Crippen molar-refractivity contribution in [2.75, 3.05) is 35.5 Å². The van der Waals surface area contributed by atoms with E-state index in [0.29, 0.717) is 0 Å². The van der Waals surface area contributed by atoms with Crippen molar-refractivity contribution < 1.29 is 23.7 Å². The van der Waals surface area contributed by atoms with E-state index in [1.807, 2.05) is 0 Å². The molecule has 5 aromatic carbocycles. The molecular formula is C50H58O5. The maximum atomic E-state index is 5.98. The Hall–Kier alpha value is -5.16. The van der Waals surface area contributed by atoms with Crippen molar-refractivity contribution in [3.05, 3.63) is 144 Å². The third-order valence-corrected chi connectivity index (χ3v) is 11.7. The number of benzene rings is 5. The number of methoxy groups -OCH3 is 5. The summed E-state index contributed by atoms with van der Waals surface area (Å²) in [5.74, 6) is 4.54. The van der Waals surface area contributed by atoms with Crippen molar-refractivity contribution in [2.45, 2.75) is 86.0 Å². The molecule has 0 amide bonds. The number of aryl methyl sites for hydroxylation is 13. The van der Waals surface area contributed by atoms with E-state index in [4.69, 9.17) is 23.7 Å². The summed E-state index contributed by atoms with van der Waals surface area (Å²) >= 11 is 0.